The molecule has 0 bridgehead atoms. The first-order chi connectivity index (χ1) is 12.6. The van der Waals surface area contributed by atoms with Crippen molar-refractivity contribution in [3.8, 4) is 0 Å². The van der Waals surface area contributed by atoms with E-state index in [0.29, 0.717) is 18.3 Å². The minimum atomic E-state index is -0.281. The van der Waals surface area contributed by atoms with E-state index < -0.39 is 0 Å². The minimum Gasteiger partial charge on any atom is -0.372 e. The van der Waals surface area contributed by atoms with Crippen molar-refractivity contribution >= 4 is 23.4 Å². The van der Waals surface area contributed by atoms with Crippen molar-refractivity contribution in [3.63, 3.8) is 0 Å². The van der Waals surface area contributed by atoms with Gasteiger partial charge in [0.1, 0.15) is 11.6 Å². The van der Waals surface area contributed by atoms with Gasteiger partial charge in [0.25, 0.3) is 0 Å². The van der Waals surface area contributed by atoms with Gasteiger partial charge in [-0.2, -0.15) is 0 Å². The van der Waals surface area contributed by atoms with Gasteiger partial charge in [-0.05, 0) is 53.7 Å². The van der Waals surface area contributed by atoms with E-state index in [1.165, 1.54) is 24.3 Å². The minimum absolute atomic E-state index is 0.184. The van der Waals surface area contributed by atoms with Crippen LogP contribution in [0.2, 0.25) is 0 Å². The molecule has 1 unspecified atom stereocenters. The van der Waals surface area contributed by atoms with Gasteiger partial charge in [0, 0.05) is 16.8 Å². The van der Waals surface area contributed by atoms with Crippen LogP contribution in [-0.2, 0) is 4.74 Å². The second kappa shape index (κ2) is 6.97. The monoisotopic (exact) mass is 370 g/mol. The molecule has 2 aliphatic heterocycles. The van der Waals surface area contributed by atoms with Crippen molar-refractivity contribution in [1.29, 1.82) is 0 Å². The first kappa shape index (κ1) is 16.9. The van der Waals surface area contributed by atoms with Crippen molar-refractivity contribution in [2.45, 2.75) is 6.04 Å². The number of hydrogen-bond donors (Lipinski definition) is 2. The van der Waals surface area contributed by atoms with E-state index >= 15 is 0 Å². The number of ether oxygens (including phenoxy) is 1. The maximum Gasteiger partial charge on any atom is 0.171 e. The largest absolute Gasteiger partial charge is 0.372 e. The fourth-order valence-electron chi connectivity index (χ4n) is 3.19. The maximum atomic E-state index is 13.3. The molecule has 2 N–H and O–H groups in total. The molecule has 132 valence electrons. The maximum absolute atomic E-state index is 13.3. The summed E-state index contributed by atoms with van der Waals surface area (Å²) in [7, 11) is 0. The zero-order valence-electron chi connectivity index (χ0n) is 13.8. The van der Waals surface area contributed by atoms with Crippen LogP contribution in [0.3, 0.4) is 0 Å². The standard InChI is InChI=1S/C20H16F2N2OS/c21-15-5-1-12(2-6-15)9-14-10-25-11-17-18(23-20(26)24-19(14)17)13-3-7-16(22)8-4-13/h1-9,18H,10-11H2,(H2,23,24,26)/b14-9+. The Morgan fingerprint density at radius 2 is 1.62 bits per heavy atom. The van der Waals surface area contributed by atoms with Crippen molar-refractivity contribution in [1.82, 2.24) is 10.6 Å². The van der Waals surface area contributed by atoms with Crippen LogP contribution >= 0.6 is 12.2 Å². The highest BCUT2D eigenvalue weighted by Gasteiger charge is 2.30. The molecule has 0 radical (unpaired) electrons. The van der Waals surface area contributed by atoms with Gasteiger partial charge in [-0.25, -0.2) is 8.78 Å². The summed E-state index contributed by atoms with van der Waals surface area (Å²) in [6.45, 7) is 0.878. The van der Waals surface area contributed by atoms with E-state index in [4.69, 9.17) is 17.0 Å². The second-order valence-corrected chi connectivity index (χ2v) is 6.61. The summed E-state index contributed by atoms with van der Waals surface area (Å²) >= 11 is 5.36. The second-order valence-electron chi connectivity index (χ2n) is 6.20. The molecule has 6 heteroatoms. The van der Waals surface area contributed by atoms with E-state index in [0.717, 1.165) is 28.0 Å². The smallest absolute Gasteiger partial charge is 0.171 e. The lowest BCUT2D eigenvalue weighted by atomic mass is 9.91. The summed E-state index contributed by atoms with van der Waals surface area (Å²) in [6, 6.07) is 12.4. The van der Waals surface area contributed by atoms with Crippen LogP contribution in [0.25, 0.3) is 6.08 Å². The van der Waals surface area contributed by atoms with Gasteiger partial charge >= 0.3 is 0 Å². The van der Waals surface area contributed by atoms with Crippen molar-refractivity contribution in [2.75, 3.05) is 13.2 Å². The van der Waals surface area contributed by atoms with Crippen molar-refractivity contribution in [3.05, 3.63) is 88.1 Å². The number of hydrogen-bond acceptors (Lipinski definition) is 2. The van der Waals surface area contributed by atoms with E-state index in [1.54, 1.807) is 24.3 Å². The predicted molar refractivity (Wildman–Crippen MR) is 100 cm³/mol. The Labute approximate surface area is 155 Å². The Kier molecular flexibility index (Phi) is 4.53. The molecule has 0 aliphatic carbocycles. The van der Waals surface area contributed by atoms with Crippen molar-refractivity contribution in [2.24, 2.45) is 0 Å². The Morgan fingerprint density at radius 3 is 2.31 bits per heavy atom. The van der Waals surface area contributed by atoms with Gasteiger partial charge in [0.15, 0.2) is 5.11 Å². The van der Waals surface area contributed by atoms with Crippen molar-refractivity contribution < 1.29 is 13.5 Å². The molecule has 0 aromatic heterocycles. The van der Waals surface area contributed by atoms with E-state index in [-0.39, 0.29) is 17.7 Å². The number of rotatable bonds is 2. The molecule has 0 saturated heterocycles. The molecule has 0 spiro atoms. The van der Waals surface area contributed by atoms with Gasteiger partial charge < -0.3 is 15.4 Å². The number of benzene rings is 2. The molecule has 2 aromatic rings. The highest BCUT2D eigenvalue weighted by molar-refractivity contribution is 7.80. The Morgan fingerprint density at radius 1 is 0.962 bits per heavy atom. The molecule has 1 atom stereocenters. The third-order valence-electron chi connectivity index (χ3n) is 4.43. The summed E-state index contributed by atoms with van der Waals surface area (Å²) in [5.41, 5.74) is 4.65. The molecular weight excluding hydrogens is 354 g/mol. The lowest BCUT2D eigenvalue weighted by Gasteiger charge is -2.35. The molecule has 4 rings (SSSR count). The van der Waals surface area contributed by atoms with E-state index in [1.807, 2.05) is 6.08 Å². The zero-order valence-corrected chi connectivity index (χ0v) is 14.6. The summed E-state index contributed by atoms with van der Waals surface area (Å²) in [5.74, 6) is -0.555. The van der Waals surface area contributed by atoms with Gasteiger partial charge in [0.2, 0.25) is 0 Å². The normalized spacial score (nSPS) is 21.2. The highest BCUT2D eigenvalue weighted by atomic mass is 32.1. The zero-order chi connectivity index (χ0) is 18.1. The molecule has 0 amide bonds. The van der Waals surface area contributed by atoms with E-state index in [9.17, 15) is 8.78 Å². The molecule has 2 aliphatic rings. The summed E-state index contributed by atoms with van der Waals surface area (Å²) < 4.78 is 32.2. The lowest BCUT2D eigenvalue weighted by molar-refractivity contribution is 0.164. The predicted octanol–water partition coefficient (Wildman–Crippen LogP) is 3.85. The summed E-state index contributed by atoms with van der Waals surface area (Å²) in [5, 5.41) is 6.95. The first-order valence-corrected chi connectivity index (χ1v) is 8.61. The third-order valence-corrected chi connectivity index (χ3v) is 4.65. The average Bonchev–Trinajstić information content (AvgIpc) is 2.64. The van der Waals surface area contributed by atoms with Gasteiger partial charge in [0.05, 0.1) is 19.3 Å². The molecule has 2 heterocycles. The summed E-state index contributed by atoms with van der Waals surface area (Å²) in [6.07, 6.45) is 1.95. The van der Waals surface area contributed by atoms with Gasteiger partial charge in [-0.3, -0.25) is 0 Å². The van der Waals surface area contributed by atoms with Crippen LogP contribution < -0.4 is 10.6 Å². The van der Waals surface area contributed by atoms with Crippen LogP contribution in [-0.4, -0.2) is 18.3 Å². The quantitative estimate of drug-likeness (QED) is 0.787. The van der Waals surface area contributed by atoms with Crippen LogP contribution in [0.15, 0.2) is 65.4 Å². The topological polar surface area (TPSA) is 33.3 Å². The Balaban J connectivity index is 1.75. The number of thiocarbonyl (C=S) groups is 1. The number of halogens is 2. The SMILES string of the molecule is Fc1ccc(/C=C2\COCC3=C2NC(=S)NC3c2ccc(F)cc2)cc1. The third kappa shape index (κ3) is 3.38. The first-order valence-electron chi connectivity index (χ1n) is 8.20. The van der Waals surface area contributed by atoms with Crippen LogP contribution in [0.5, 0.6) is 0 Å². The lowest BCUT2D eigenvalue weighted by Crippen LogP contribution is -2.46. The fourth-order valence-corrected chi connectivity index (χ4v) is 3.41. The molecule has 0 saturated carbocycles. The molecule has 0 fully saturated rings. The summed E-state index contributed by atoms with van der Waals surface area (Å²) in [4.78, 5) is 0. The van der Waals surface area contributed by atoms with Gasteiger partial charge in [-0.1, -0.05) is 24.3 Å². The average molecular weight is 370 g/mol. The van der Waals surface area contributed by atoms with Crippen LogP contribution in [0, 0.1) is 11.6 Å². The molecular formula is C20H16F2N2OS. The fraction of sp³-hybridized carbons (Fsp3) is 0.150. The highest BCUT2D eigenvalue weighted by Crippen LogP contribution is 2.33. The molecule has 26 heavy (non-hydrogen) atoms. The van der Waals surface area contributed by atoms with E-state index in [2.05, 4.69) is 10.6 Å². The molecule has 3 nitrogen and oxygen atoms in total. The number of nitrogens with one attached hydrogen (secondary N) is 2. The Bertz CT molecular complexity index is 904. The Hall–Kier alpha value is -2.57. The van der Waals surface area contributed by atoms with Crippen LogP contribution in [0.4, 0.5) is 8.78 Å². The van der Waals surface area contributed by atoms with Gasteiger partial charge in [-0.15, -0.1) is 0 Å². The van der Waals surface area contributed by atoms with Crippen LogP contribution in [0.1, 0.15) is 17.2 Å². The molecule has 2 aromatic carbocycles.